The lowest BCUT2D eigenvalue weighted by Gasteiger charge is -2.09. The van der Waals surface area contributed by atoms with Crippen LogP contribution in [0.1, 0.15) is 36.5 Å². The molecule has 1 fully saturated rings. The number of pyridine rings is 1. The molecule has 0 aromatic carbocycles. The Morgan fingerprint density at radius 1 is 1.23 bits per heavy atom. The van der Waals surface area contributed by atoms with E-state index in [-0.39, 0.29) is 0 Å². The van der Waals surface area contributed by atoms with Crippen LogP contribution >= 0.6 is 0 Å². The molecule has 1 atom stereocenters. The first-order valence-corrected chi connectivity index (χ1v) is 9.22. The molecule has 3 aromatic rings. The molecule has 7 heteroatoms. The molecule has 0 saturated carbocycles. The van der Waals surface area contributed by atoms with Crippen molar-refractivity contribution in [3.8, 4) is 17.2 Å². The average molecular weight is 352 g/mol. The third-order valence-corrected chi connectivity index (χ3v) is 4.86. The van der Waals surface area contributed by atoms with Gasteiger partial charge in [-0.3, -0.25) is 0 Å². The Labute approximate surface area is 152 Å². The van der Waals surface area contributed by atoms with Gasteiger partial charge in [0.25, 0.3) is 0 Å². The molecule has 26 heavy (non-hydrogen) atoms. The van der Waals surface area contributed by atoms with E-state index in [9.17, 15) is 0 Å². The van der Waals surface area contributed by atoms with Crippen molar-refractivity contribution >= 4 is 0 Å². The highest BCUT2D eigenvalue weighted by atomic mass is 16.5. The van der Waals surface area contributed by atoms with Gasteiger partial charge in [0, 0.05) is 23.9 Å². The van der Waals surface area contributed by atoms with Gasteiger partial charge in [0.1, 0.15) is 0 Å². The second kappa shape index (κ2) is 7.37. The molecule has 1 N–H and O–H groups in total. The largest absolute Gasteiger partial charge is 0.339 e. The number of hydrogen-bond acceptors (Lipinski definition) is 6. The zero-order valence-electron chi connectivity index (χ0n) is 15.3. The predicted molar refractivity (Wildman–Crippen MR) is 98.0 cm³/mol. The lowest BCUT2D eigenvalue weighted by atomic mass is 9.97. The fourth-order valence-electron chi connectivity index (χ4n) is 3.50. The van der Waals surface area contributed by atoms with Crippen LogP contribution in [-0.4, -0.2) is 38.0 Å². The van der Waals surface area contributed by atoms with Gasteiger partial charge in [-0.2, -0.15) is 10.1 Å². The predicted octanol–water partition coefficient (Wildman–Crippen LogP) is 2.87. The van der Waals surface area contributed by atoms with E-state index in [0.29, 0.717) is 11.7 Å². The summed E-state index contributed by atoms with van der Waals surface area (Å²) in [5.41, 5.74) is 2.89. The van der Waals surface area contributed by atoms with Crippen LogP contribution in [0.25, 0.3) is 17.2 Å². The van der Waals surface area contributed by atoms with E-state index in [2.05, 4.69) is 25.5 Å². The summed E-state index contributed by atoms with van der Waals surface area (Å²) < 4.78 is 7.31. The third kappa shape index (κ3) is 3.67. The molecule has 0 amide bonds. The summed E-state index contributed by atoms with van der Waals surface area (Å²) in [6, 6.07) is 5.93. The number of nitrogens with one attached hydrogen (secondary N) is 1. The van der Waals surface area contributed by atoms with E-state index in [1.165, 1.54) is 12.8 Å². The van der Waals surface area contributed by atoms with Crippen LogP contribution in [0, 0.1) is 19.8 Å². The number of nitrogens with zero attached hydrogens (tertiary/aromatic N) is 5. The van der Waals surface area contributed by atoms with Crippen molar-refractivity contribution in [2.45, 2.75) is 39.5 Å². The fraction of sp³-hybridized carbons (Fsp3) is 0.474. The molecule has 4 heterocycles. The molecule has 0 spiro atoms. The first-order chi connectivity index (χ1) is 12.7. The van der Waals surface area contributed by atoms with Crippen molar-refractivity contribution < 1.29 is 4.52 Å². The van der Waals surface area contributed by atoms with Gasteiger partial charge < -0.3 is 9.84 Å². The maximum atomic E-state index is 5.47. The molecule has 3 aromatic heterocycles. The minimum absolute atomic E-state index is 0.596. The first-order valence-electron chi connectivity index (χ1n) is 9.22. The highest BCUT2D eigenvalue weighted by Crippen LogP contribution is 2.21. The standard InChI is InChI=1S/C19H24N6O/c1-13-10-14(2)25(23-13)17-6-5-16(12-21-17)19-22-18(26-24-19)11-15-4-3-8-20-9-7-15/h5-6,10,12,15,20H,3-4,7-9,11H2,1-2H3. The fourth-order valence-corrected chi connectivity index (χ4v) is 3.50. The lowest BCUT2D eigenvalue weighted by Crippen LogP contribution is -2.14. The molecular weight excluding hydrogens is 328 g/mol. The minimum Gasteiger partial charge on any atom is -0.339 e. The number of hydrogen-bond donors (Lipinski definition) is 1. The quantitative estimate of drug-likeness (QED) is 0.777. The smallest absolute Gasteiger partial charge is 0.227 e. The molecule has 4 rings (SSSR count). The average Bonchev–Trinajstić information content (AvgIpc) is 3.14. The molecular formula is C19H24N6O. The summed E-state index contributed by atoms with van der Waals surface area (Å²) in [5, 5.41) is 12.0. The van der Waals surface area contributed by atoms with E-state index in [4.69, 9.17) is 4.52 Å². The van der Waals surface area contributed by atoms with Gasteiger partial charge >= 0.3 is 0 Å². The molecule has 7 nitrogen and oxygen atoms in total. The first kappa shape index (κ1) is 16.9. The third-order valence-electron chi connectivity index (χ3n) is 4.86. The van der Waals surface area contributed by atoms with Crippen molar-refractivity contribution in [3.05, 3.63) is 41.7 Å². The van der Waals surface area contributed by atoms with Crippen molar-refractivity contribution in [3.63, 3.8) is 0 Å². The van der Waals surface area contributed by atoms with Crippen LogP contribution in [0.2, 0.25) is 0 Å². The van der Waals surface area contributed by atoms with Crippen LogP contribution in [0.3, 0.4) is 0 Å². The highest BCUT2D eigenvalue weighted by Gasteiger charge is 2.17. The maximum Gasteiger partial charge on any atom is 0.227 e. The monoisotopic (exact) mass is 352 g/mol. The van der Waals surface area contributed by atoms with Gasteiger partial charge in [0.05, 0.1) is 5.69 Å². The van der Waals surface area contributed by atoms with Crippen molar-refractivity contribution in [2.75, 3.05) is 13.1 Å². The Kier molecular flexibility index (Phi) is 4.79. The topological polar surface area (TPSA) is 81.7 Å². The summed E-state index contributed by atoms with van der Waals surface area (Å²) in [6.45, 7) is 6.18. The summed E-state index contributed by atoms with van der Waals surface area (Å²) in [7, 11) is 0. The number of aromatic nitrogens is 5. The Morgan fingerprint density at radius 3 is 2.92 bits per heavy atom. The van der Waals surface area contributed by atoms with E-state index < -0.39 is 0 Å². The zero-order valence-corrected chi connectivity index (χ0v) is 15.3. The molecule has 1 aliphatic rings. The molecule has 1 saturated heterocycles. The summed E-state index contributed by atoms with van der Waals surface area (Å²) >= 11 is 0. The van der Waals surface area contributed by atoms with Crippen molar-refractivity contribution in [1.29, 1.82) is 0 Å². The Morgan fingerprint density at radius 2 is 2.15 bits per heavy atom. The van der Waals surface area contributed by atoms with Gasteiger partial charge in [-0.25, -0.2) is 9.67 Å². The van der Waals surface area contributed by atoms with Crippen LogP contribution in [0.5, 0.6) is 0 Å². The Hall–Kier alpha value is -2.54. The van der Waals surface area contributed by atoms with Gasteiger partial charge in [-0.1, -0.05) is 5.16 Å². The molecule has 0 aliphatic carbocycles. The van der Waals surface area contributed by atoms with Crippen molar-refractivity contribution in [1.82, 2.24) is 30.2 Å². The minimum atomic E-state index is 0.596. The SMILES string of the molecule is Cc1cc(C)n(-c2ccc(-c3noc(CC4CCCNCC4)n3)cn2)n1. The summed E-state index contributed by atoms with van der Waals surface area (Å²) in [5.74, 6) is 2.72. The maximum absolute atomic E-state index is 5.47. The van der Waals surface area contributed by atoms with Crippen LogP contribution < -0.4 is 5.32 Å². The zero-order chi connectivity index (χ0) is 17.9. The van der Waals surface area contributed by atoms with Gasteiger partial charge in [0.2, 0.25) is 11.7 Å². The van der Waals surface area contributed by atoms with Gasteiger partial charge in [-0.15, -0.1) is 0 Å². The Bertz CT molecular complexity index is 859. The number of aryl methyl sites for hydroxylation is 2. The molecule has 1 unspecified atom stereocenters. The van der Waals surface area contributed by atoms with Gasteiger partial charge in [0.15, 0.2) is 5.82 Å². The van der Waals surface area contributed by atoms with E-state index in [1.807, 2.05) is 36.7 Å². The molecule has 0 radical (unpaired) electrons. The van der Waals surface area contributed by atoms with Crippen LogP contribution in [0.15, 0.2) is 28.9 Å². The molecule has 0 bridgehead atoms. The summed E-state index contributed by atoms with van der Waals surface area (Å²) in [4.78, 5) is 9.08. The van der Waals surface area contributed by atoms with E-state index in [1.54, 1.807) is 6.20 Å². The van der Waals surface area contributed by atoms with E-state index in [0.717, 1.165) is 54.6 Å². The lowest BCUT2D eigenvalue weighted by molar-refractivity contribution is 0.341. The van der Waals surface area contributed by atoms with Gasteiger partial charge in [-0.05, 0) is 70.3 Å². The van der Waals surface area contributed by atoms with Crippen molar-refractivity contribution in [2.24, 2.45) is 5.92 Å². The van der Waals surface area contributed by atoms with E-state index >= 15 is 0 Å². The second-order valence-electron chi connectivity index (χ2n) is 7.01. The summed E-state index contributed by atoms with van der Waals surface area (Å²) in [6.07, 6.45) is 6.21. The molecule has 136 valence electrons. The molecule has 1 aliphatic heterocycles. The Balaban J connectivity index is 1.48. The second-order valence-corrected chi connectivity index (χ2v) is 7.01. The highest BCUT2D eigenvalue weighted by molar-refractivity contribution is 5.53. The van der Waals surface area contributed by atoms with Crippen LogP contribution in [0.4, 0.5) is 0 Å². The normalized spacial score (nSPS) is 18.0. The van der Waals surface area contributed by atoms with Crippen LogP contribution in [-0.2, 0) is 6.42 Å². The number of rotatable bonds is 4.